The van der Waals surface area contributed by atoms with Crippen molar-refractivity contribution in [2.45, 2.75) is 31.7 Å². The maximum atomic E-state index is 13.1. The first kappa shape index (κ1) is 18.7. The van der Waals surface area contributed by atoms with Crippen LogP contribution in [0.4, 0.5) is 0 Å². The summed E-state index contributed by atoms with van der Waals surface area (Å²) in [6.45, 7) is 1.31. The molecule has 1 saturated heterocycles. The van der Waals surface area contributed by atoms with Crippen molar-refractivity contribution in [3.8, 4) is 11.4 Å². The van der Waals surface area contributed by atoms with Gasteiger partial charge in [0, 0.05) is 31.0 Å². The molecule has 1 atom stereocenters. The largest absolute Gasteiger partial charge is 0.342 e. The van der Waals surface area contributed by atoms with Crippen molar-refractivity contribution in [3.05, 3.63) is 72.1 Å². The minimum Gasteiger partial charge on any atom is -0.342 e. The van der Waals surface area contributed by atoms with Gasteiger partial charge in [0.15, 0.2) is 5.82 Å². The van der Waals surface area contributed by atoms with E-state index in [0.717, 1.165) is 35.4 Å². The van der Waals surface area contributed by atoms with E-state index in [-0.39, 0.29) is 23.7 Å². The third kappa shape index (κ3) is 3.43. The summed E-state index contributed by atoms with van der Waals surface area (Å²) in [5.41, 5.74) is 3.24. The van der Waals surface area contributed by atoms with Crippen molar-refractivity contribution in [3.63, 3.8) is 0 Å². The maximum absolute atomic E-state index is 13.1. The number of hydrogen-bond acceptors (Lipinski definition) is 4. The number of ketones is 1. The van der Waals surface area contributed by atoms with Crippen LogP contribution in [0.15, 0.2) is 60.9 Å². The first-order valence-electron chi connectivity index (χ1n) is 10.5. The van der Waals surface area contributed by atoms with Gasteiger partial charge in [-0.25, -0.2) is 0 Å². The van der Waals surface area contributed by atoms with Gasteiger partial charge in [0.1, 0.15) is 12.1 Å². The van der Waals surface area contributed by atoms with E-state index in [4.69, 9.17) is 0 Å². The van der Waals surface area contributed by atoms with Crippen molar-refractivity contribution in [1.82, 2.24) is 19.7 Å². The van der Waals surface area contributed by atoms with Crippen LogP contribution in [0.3, 0.4) is 0 Å². The fraction of sp³-hybridized carbons (Fsp3) is 0.333. The van der Waals surface area contributed by atoms with Gasteiger partial charge in [-0.15, -0.1) is 10.2 Å². The highest BCUT2D eigenvalue weighted by molar-refractivity contribution is 5.84. The molecule has 0 saturated carbocycles. The van der Waals surface area contributed by atoms with E-state index < -0.39 is 0 Å². The number of hydrogen-bond donors (Lipinski definition) is 0. The van der Waals surface area contributed by atoms with Crippen LogP contribution < -0.4 is 0 Å². The van der Waals surface area contributed by atoms with E-state index in [9.17, 15) is 9.59 Å². The van der Waals surface area contributed by atoms with Crippen molar-refractivity contribution < 1.29 is 9.59 Å². The Morgan fingerprint density at radius 3 is 2.50 bits per heavy atom. The first-order chi connectivity index (χ1) is 14.7. The quantitative estimate of drug-likeness (QED) is 0.659. The number of Topliss-reactive ketones (excluding diaryl/α,β-unsaturated/α-hetero) is 1. The van der Waals surface area contributed by atoms with Gasteiger partial charge in [-0.1, -0.05) is 54.6 Å². The maximum Gasteiger partial charge on any atom is 0.226 e. The van der Waals surface area contributed by atoms with Gasteiger partial charge < -0.3 is 9.47 Å². The van der Waals surface area contributed by atoms with Gasteiger partial charge in [-0.2, -0.15) is 0 Å². The van der Waals surface area contributed by atoms with E-state index >= 15 is 0 Å². The van der Waals surface area contributed by atoms with Crippen LogP contribution in [0.2, 0.25) is 0 Å². The normalized spacial score (nSPS) is 18.1. The number of carbonyl (C=O) groups excluding carboxylic acids is 2. The molecular formula is C24H24N4O2. The lowest BCUT2D eigenvalue weighted by Gasteiger charge is -2.32. The molecule has 5 rings (SSSR count). The average molecular weight is 400 g/mol. The summed E-state index contributed by atoms with van der Waals surface area (Å²) in [5.74, 6) is 1.26. The molecule has 1 unspecified atom stereocenters. The second kappa shape index (κ2) is 7.86. The minimum atomic E-state index is -0.0311. The van der Waals surface area contributed by atoms with Crippen molar-refractivity contribution >= 4 is 11.7 Å². The number of fused-ring (bicyclic) bond motifs is 3. The lowest BCUT2D eigenvalue weighted by molar-refractivity contribution is -0.134. The van der Waals surface area contributed by atoms with Gasteiger partial charge in [0.2, 0.25) is 5.91 Å². The van der Waals surface area contributed by atoms with Gasteiger partial charge in [0.25, 0.3) is 0 Å². The molecule has 6 nitrogen and oxygen atoms in total. The summed E-state index contributed by atoms with van der Waals surface area (Å²) in [4.78, 5) is 27.6. The zero-order chi connectivity index (χ0) is 20.5. The molecule has 0 radical (unpaired) electrons. The van der Waals surface area contributed by atoms with Gasteiger partial charge in [0.05, 0.1) is 12.5 Å². The number of nitrogens with zero attached hydrogens (tertiary/aromatic N) is 4. The fourth-order valence-electron chi connectivity index (χ4n) is 4.70. The molecule has 3 heterocycles. The van der Waals surface area contributed by atoms with Crippen LogP contribution in [0, 0.1) is 5.92 Å². The number of aromatic nitrogens is 3. The summed E-state index contributed by atoms with van der Waals surface area (Å²) >= 11 is 0. The van der Waals surface area contributed by atoms with Gasteiger partial charge in [-0.05, 0) is 24.0 Å². The molecule has 6 heteroatoms. The average Bonchev–Trinajstić information content (AvgIpc) is 3.37. The van der Waals surface area contributed by atoms with E-state index in [1.54, 1.807) is 6.33 Å². The van der Waals surface area contributed by atoms with E-state index in [1.165, 1.54) is 0 Å². The topological polar surface area (TPSA) is 68.1 Å². The second-order valence-electron chi connectivity index (χ2n) is 8.15. The SMILES string of the molecule is O=C(CC1c2ccccc2-c2nncn21)C1CCN(C(=O)Cc2ccccc2)CC1. The Bertz CT molecular complexity index is 1070. The summed E-state index contributed by atoms with van der Waals surface area (Å²) in [5, 5.41) is 8.26. The summed E-state index contributed by atoms with van der Waals surface area (Å²) < 4.78 is 2.01. The summed E-state index contributed by atoms with van der Waals surface area (Å²) in [7, 11) is 0. The molecule has 2 aliphatic heterocycles. The standard InChI is InChI=1S/C24H24N4O2/c29-22(15-21-19-8-4-5-9-20(19)24-26-25-16-28(21)24)18-10-12-27(13-11-18)23(30)14-17-6-2-1-3-7-17/h1-9,16,18,21H,10-15H2. The fourth-order valence-corrected chi connectivity index (χ4v) is 4.70. The molecule has 0 spiro atoms. The third-order valence-electron chi connectivity index (χ3n) is 6.37. The predicted molar refractivity (Wildman–Crippen MR) is 113 cm³/mol. The van der Waals surface area contributed by atoms with Gasteiger partial charge in [-0.3, -0.25) is 9.59 Å². The Labute approximate surface area is 175 Å². The summed E-state index contributed by atoms with van der Waals surface area (Å²) in [6, 6.07) is 17.9. The van der Waals surface area contributed by atoms with Crippen LogP contribution in [-0.2, 0) is 16.0 Å². The number of likely N-dealkylation sites (tertiary alicyclic amines) is 1. The molecule has 2 aliphatic rings. The molecule has 152 valence electrons. The molecule has 0 N–H and O–H groups in total. The lowest BCUT2D eigenvalue weighted by atomic mass is 9.87. The first-order valence-corrected chi connectivity index (χ1v) is 10.5. The Hall–Kier alpha value is -3.28. The van der Waals surface area contributed by atoms with Crippen molar-refractivity contribution in [2.75, 3.05) is 13.1 Å². The predicted octanol–water partition coefficient (Wildman–Crippen LogP) is 3.29. The molecule has 1 aromatic heterocycles. The number of amides is 1. The smallest absolute Gasteiger partial charge is 0.226 e. The highest BCUT2D eigenvalue weighted by Gasteiger charge is 2.34. The van der Waals surface area contributed by atoms with Crippen LogP contribution in [0.1, 0.15) is 36.4 Å². The number of benzene rings is 2. The van der Waals surface area contributed by atoms with Crippen LogP contribution >= 0.6 is 0 Å². The van der Waals surface area contributed by atoms with Crippen LogP contribution in [-0.4, -0.2) is 44.4 Å². The number of rotatable bonds is 5. The molecule has 30 heavy (non-hydrogen) atoms. The lowest BCUT2D eigenvalue weighted by Crippen LogP contribution is -2.41. The highest BCUT2D eigenvalue weighted by Crippen LogP contribution is 2.40. The third-order valence-corrected chi connectivity index (χ3v) is 6.37. The Balaban J connectivity index is 1.20. The molecule has 1 fully saturated rings. The van der Waals surface area contributed by atoms with Crippen LogP contribution in [0.25, 0.3) is 11.4 Å². The molecule has 2 aromatic carbocycles. The zero-order valence-electron chi connectivity index (χ0n) is 16.8. The highest BCUT2D eigenvalue weighted by atomic mass is 16.2. The Morgan fingerprint density at radius 2 is 1.70 bits per heavy atom. The molecular weight excluding hydrogens is 376 g/mol. The van der Waals surface area contributed by atoms with Gasteiger partial charge >= 0.3 is 0 Å². The zero-order valence-corrected chi connectivity index (χ0v) is 16.8. The minimum absolute atomic E-state index is 0.0125. The van der Waals surface area contributed by atoms with Crippen LogP contribution in [0.5, 0.6) is 0 Å². The summed E-state index contributed by atoms with van der Waals surface area (Å²) in [6.07, 6.45) is 4.07. The number of piperidine rings is 1. The molecule has 3 aromatic rings. The monoisotopic (exact) mass is 400 g/mol. The van der Waals surface area contributed by atoms with E-state index in [0.29, 0.717) is 25.9 Å². The van der Waals surface area contributed by atoms with E-state index in [1.807, 2.05) is 58.0 Å². The van der Waals surface area contributed by atoms with Crippen molar-refractivity contribution in [2.24, 2.45) is 5.92 Å². The molecule has 0 bridgehead atoms. The van der Waals surface area contributed by atoms with Crippen molar-refractivity contribution in [1.29, 1.82) is 0 Å². The van der Waals surface area contributed by atoms with E-state index in [2.05, 4.69) is 16.3 Å². The molecule has 0 aliphatic carbocycles. The number of carbonyl (C=O) groups is 2. The second-order valence-corrected chi connectivity index (χ2v) is 8.15. The Kier molecular flexibility index (Phi) is 4.91. The Morgan fingerprint density at radius 1 is 0.967 bits per heavy atom. The molecule has 1 amide bonds.